The SMILES string of the molecule is CC(C)(C)c1ccn2nncc2n1. The number of hydrogen-bond donors (Lipinski definition) is 0. The van der Waals surface area contributed by atoms with Crippen molar-refractivity contribution in [3.05, 3.63) is 24.2 Å². The van der Waals surface area contributed by atoms with Crippen LogP contribution in [-0.2, 0) is 5.41 Å². The maximum absolute atomic E-state index is 4.44. The van der Waals surface area contributed by atoms with Gasteiger partial charge in [0.2, 0.25) is 0 Å². The van der Waals surface area contributed by atoms with Crippen LogP contribution in [0.3, 0.4) is 0 Å². The van der Waals surface area contributed by atoms with Gasteiger partial charge in [-0.2, -0.15) is 0 Å². The smallest absolute Gasteiger partial charge is 0.175 e. The van der Waals surface area contributed by atoms with E-state index in [1.807, 2.05) is 12.3 Å². The average Bonchev–Trinajstić information content (AvgIpc) is 2.47. The Morgan fingerprint density at radius 3 is 2.77 bits per heavy atom. The largest absolute Gasteiger partial charge is 0.232 e. The van der Waals surface area contributed by atoms with Crippen molar-refractivity contribution in [1.29, 1.82) is 0 Å². The Morgan fingerprint density at radius 1 is 1.31 bits per heavy atom. The molecule has 2 aromatic rings. The molecule has 0 aliphatic heterocycles. The van der Waals surface area contributed by atoms with Gasteiger partial charge in [0.25, 0.3) is 0 Å². The van der Waals surface area contributed by atoms with Crippen LogP contribution in [0.2, 0.25) is 0 Å². The molecule has 0 bridgehead atoms. The molecule has 2 heterocycles. The predicted octanol–water partition coefficient (Wildman–Crippen LogP) is 1.42. The highest BCUT2D eigenvalue weighted by Gasteiger charge is 2.15. The van der Waals surface area contributed by atoms with Gasteiger partial charge in [-0.05, 0) is 6.07 Å². The van der Waals surface area contributed by atoms with Crippen molar-refractivity contribution in [2.45, 2.75) is 26.2 Å². The first-order valence-electron chi connectivity index (χ1n) is 4.25. The third kappa shape index (κ3) is 1.39. The zero-order chi connectivity index (χ0) is 9.47. The summed E-state index contributed by atoms with van der Waals surface area (Å²) in [5.41, 5.74) is 1.93. The highest BCUT2D eigenvalue weighted by Crippen LogP contribution is 2.19. The third-order valence-corrected chi connectivity index (χ3v) is 1.93. The number of hydrogen-bond acceptors (Lipinski definition) is 3. The minimum Gasteiger partial charge on any atom is -0.232 e. The molecule has 4 heteroatoms. The van der Waals surface area contributed by atoms with Crippen LogP contribution in [0.1, 0.15) is 26.5 Å². The monoisotopic (exact) mass is 176 g/mol. The molecule has 0 aliphatic rings. The van der Waals surface area contributed by atoms with Crippen LogP contribution < -0.4 is 0 Å². The highest BCUT2D eigenvalue weighted by atomic mass is 15.4. The zero-order valence-electron chi connectivity index (χ0n) is 8.02. The number of nitrogens with zero attached hydrogens (tertiary/aromatic N) is 4. The summed E-state index contributed by atoms with van der Waals surface area (Å²) < 4.78 is 1.66. The van der Waals surface area contributed by atoms with Gasteiger partial charge in [-0.3, -0.25) is 0 Å². The highest BCUT2D eigenvalue weighted by molar-refractivity contribution is 5.34. The molecule has 0 atom stereocenters. The van der Waals surface area contributed by atoms with Gasteiger partial charge < -0.3 is 0 Å². The standard InChI is InChI=1S/C9H12N4/c1-9(2,3)7-4-5-13-8(11-7)6-10-12-13/h4-6H,1-3H3. The van der Waals surface area contributed by atoms with Gasteiger partial charge in [0.15, 0.2) is 5.65 Å². The Labute approximate surface area is 76.6 Å². The van der Waals surface area contributed by atoms with Crippen molar-refractivity contribution in [2.24, 2.45) is 0 Å². The van der Waals surface area contributed by atoms with Gasteiger partial charge >= 0.3 is 0 Å². The van der Waals surface area contributed by atoms with E-state index in [4.69, 9.17) is 0 Å². The molecule has 0 unspecified atom stereocenters. The van der Waals surface area contributed by atoms with Gasteiger partial charge in [-0.1, -0.05) is 26.0 Å². The van der Waals surface area contributed by atoms with E-state index in [1.165, 1.54) is 0 Å². The lowest BCUT2D eigenvalue weighted by atomic mass is 9.92. The number of rotatable bonds is 0. The Bertz CT molecular complexity index is 424. The minimum atomic E-state index is 0.0754. The molecular weight excluding hydrogens is 164 g/mol. The first kappa shape index (κ1) is 8.16. The van der Waals surface area contributed by atoms with Crippen molar-refractivity contribution in [3.63, 3.8) is 0 Å². The Morgan fingerprint density at radius 2 is 2.08 bits per heavy atom. The second kappa shape index (κ2) is 2.52. The fraction of sp³-hybridized carbons (Fsp3) is 0.444. The maximum atomic E-state index is 4.44. The van der Waals surface area contributed by atoms with Gasteiger partial charge in [-0.25, -0.2) is 9.50 Å². The first-order valence-corrected chi connectivity index (χ1v) is 4.25. The van der Waals surface area contributed by atoms with Crippen LogP contribution in [0, 0.1) is 0 Å². The van der Waals surface area contributed by atoms with Crippen molar-refractivity contribution in [2.75, 3.05) is 0 Å². The van der Waals surface area contributed by atoms with Crippen LogP contribution in [0.4, 0.5) is 0 Å². The van der Waals surface area contributed by atoms with Gasteiger partial charge in [0.05, 0.1) is 6.20 Å². The summed E-state index contributed by atoms with van der Waals surface area (Å²) in [5, 5.41) is 7.62. The van der Waals surface area contributed by atoms with Gasteiger partial charge in [0, 0.05) is 17.3 Å². The minimum absolute atomic E-state index is 0.0754. The predicted molar refractivity (Wildman–Crippen MR) is 49.5 cm³/mol. The average molecular weight is 176 g/mol. The molecular formula is C9H12N4. The van der Waals surface area contributed by atoms with E-state index < -0.39 is 0 Å². The molecule has 0 saturated heterocycles. The molecule has 0 spiro atoms. The fourth-order valence-corrected chi connectivity index (χ4v) is 1.14. The number of fused-ring (bicyclic) bond motifs is 1. The zero-order valence-corrected chi connectivity index (χ0v) is 8.02. The van der Waals surface area contributed by atoms with E-state index in [-0.39, 0.29) is 5.41 Å². The lowest BCUT2D eigenvalue weighted by molar-refractivity contribution is 0.568. The lowest BCUT2D eigenvalue weighted by Crippen LogP contribution is -2.13. The van der Waals surface area contributed by atoms with E-state index in [2.05, 4.69) is 36.1 Å². The summed E-state index contributed by atoms with van der Waals surface area (Å²) in [6.45, 7) is 6.40. The molecule has 0 fully saturated rings. The van der Waals surface area contributed by atoms with Crippen LogP contribution >= 0.6 is 0 Å². The molecule has 0 aliphatic carbocycles. The van der Waals surface area contributed by atoms with E-state index in [1.54, 1.807) is 10.7 Å². The number of aromatic nitrogens is 4. The Balaban J connectivity index is 2.61. The van der Waals surface area contributed by atoms with Gasteiger partial charge in [0.1, 0.15) is 0 Å². The summed E-state index contributed by atoms with van der Waals surface area (Å²) in [7, 11) is 0. The molecule has 0 radical (unpaired) electrons. The van der Waals surface area contributed by atoms with Crippen molar-refractivity contribution in [3.8, 4) is 0 Å². The van der Waals surface area contributed by atoms with E-state index in [0.717, 1.165) is 11.3 Å². The molecule has 0 N–H and O–H groups in total. The summed E-state index contributed by atoms with van der Waals surface area (Å²) >= 11 is 0. The normalized spacial score (nSPS) is 12.2. The van der Waals surface area contributed by atoms with Crippen molar-refractivity contribution >= 4 is 5.65 Å². The van der Waals surface area contributed by atoms with Crippen molar-refractivity contribution in [1.82, 2.24) is 19.8 Å². The molecule has 2 rings (SSSR count). The Kier molecular flexibility index (Phi) is 1.58. The summed E-state index contributed by atoms with van der Waals surface area (Å²) in [5.74, 6) is 0. The van der Waals surface area contributed by atoms with Crippen LogP contribution in [-0.4, -0.2) is 19.8 Å². The summed E-state index contributed by atoms with van der Waals surface area (Å²) in [4.78, 5) is 4.44. The fourth-order valence-electron chi connectivity index (χ4n) is 1.14. The molecule has 13 heavy (non-hydrogen) atoms. The second-order valence-electron chi connectivity index (χ2n) is 4.10. The molecule has 0 amide bonds. The molecule has 68 valence electrons. The lowest BCUT2D eigenvalue weighted by Gasteiger charge is -2.16. The topological polar surface area (TPSA) is 43.1 Å². The van der Waals surface area contributed by atoms with Gasteiger partial charge in [-0.15, -0.1) is 5.10 Å². The van der Waals surface area contributed by atoms with Crippen LogP contribution in [0.15, 0.2) is 18.5 Å². The molecule has 2 aromatic heterocycles. The first-order chi connectivity index (χ1) is 6.07. The van der Waals surface area contributed by atoms with Crippen LogP contribution in [0.25, 0.3) is 5.65 Å². The molecule has 0 aromatic carbocycles. The van der Waals surface area contributed by atoms with Crippen LogP contribution in [0.5, 0.6) is 0 Å². The third-order valence-electron chi connectivity index (χ3n) is 1.93. The van der Waals surface area contributed by atoms with Crippen molar-refractivity contribution < 1.29 is 0 Å². The quantitative estimate of drug-likeness (QED) is 0.609. The Hall–Kier alpha value is -1.45. The molecule has 0 saturated carbocycles. The summed E-state index contributed by atoms with van der Waals surface area (Å²) in [6, 6.07) is 1.97. The second-order valence-corrected chi connectivity index (χ2v) is 4.10. The maximum Gasteiger partial charge on any atom is 0.175 e. The summed E-state index contributed by atoms with van der Waals surface area (Å²) in [6.07, 6.45) is 3.55. The molecule has 4 nitrogen and oxygen atoms in total. The van der Waals surface area contributed by atoms with E-state index >= 15 is 0 Å². The van der Waals surface area contributed by atoms with E-state index in [9.17, 15) is 0 Å². The van der Waals surface area contributed by atoms with E-state index in [0.29, 0.717) is 0 Å².